The standard InChI is InChI=1S/C14H14N2O4/c1-8-6-11(9(2)20-8)14(19)16-15-7-10-4-3-5-12(17)13(10)18/h3-7,17-18H,1-2H3,(H,16,19). The first-order valence-corrected chi connectivity index (χ1v) is 5.90. The Hall–Kier alpha value is -2.76. The molecule has 2 rings (SSSR count). The predicted molar refractivity (Wildman–Crippen MR) is 73.0 cm³/mol. The summed E-state index contributed by atoms with van der Waals surface area (Å²) in [4.78, 5) is 11.8. The fourth-order valence-electron chi connectivity index (χ4n) is 1.73. The number of para-hydroxylation sites is 1. The molecule has 0 unspecified atom stereocenters. The second kappa shape index (κ2) is 5.48. The number of hydrazone groups is 1. The molecule has 0 bridgehead atoms. The summed E-state index contributed by atoms with van der Waals surface area (Å²) in [6, 6.07) is 6.08. The Bertz CT molecular complexity index is 674. The number of aryl methyl sites for hydroxylation is 2. The molecular weight excluding hydrogens is 260 g/mol. The lowest BCUT2D eigenvalue weighted by Crippen LogP contribution is -2.17. The first-order valence-electron chi connectivity index (χ1n) is 5.90. The minimum Gasteiger partial charge on any atom is -0.504 e. The van der Waals surface area contributed by atoms with Crippen LogP contribution in [0.4, 0.5) is 0 Å². The Morgan fingerprint density at radius 1 is 1.35 bits per heavy atom. The highest BCUT2D eigenvalue weighted by Crippen LogP contribution is 2.26. The molecule has 6 nitrogen and oxygen atoms in total. The first-order chi connectivity index (χ1) is 9.49. The van der Waals surface area contributed by atoms with E-state index in [1.807, 2.05) is 0 Å². The minimum absolute atomic E-state index is 0.249. The van der Waals surface area contributed by atoms with E-state index >= 15 is 0 Å². The highest BCUT2D eigenvalue weighted by Gasteiger charge is 2.12. The molecule has 3 N–H and O–H groups in total. The summed E-state index contributed by atoms with van der Waals surface area (Å²) in [5.41, 5.74) is 3.03. The van der Waals surface area contributed by atoms with Gasteiger partial charge in [-0.2, -0.15) is 5.10 Å². The van der Waals surface area contributed by atoms with Crippen molar-refractivity contribution in [2.24, 2.45) is 5.10 Å². The Labute approximate surface area is 115 Å². The minimum atomic E-state index is -0.407. The Kier molecular flexibility index (Phi) is 3.74. The van der Waals surface area contributed by atoms with Crippen molar-refractivity contribution in [2.75, 3.05) is 0 Å². The molecule has 0 aliphatic rings. The quantitative estimate of drug-likeness (QED) is 0.453. The zero-order valence-corrected chi connectivity index (χ0v) is 11.0. The van der Waals surface area contributed by atoms with E-state index in [2.05, 4.69) is 10.5 Å². The topological polar surface area (TPSA) is 95.1 Å². The number of carbonyl (C=O) groups is 1. The van der Waals surface area contributed by atoms with E-state index in [-0.39, 0.29) is 11.5 Å². The largest absolute Gasteiger partial charge is 0.504 e. The van der Waals surface area contributed by atoms with E-state index in [4.69, 9.17) is 4.42 Å². The number of carbonyl (C=O) groups excluding carboxylic acids is 1. The van der Waals surface area contributed by atoms with Gasteiger partial charge in [0.15, 0.2) is 11.5 Å². The van der Waals surface area contributed by atoms with Crippen LogP contribution in [0.3, 0.4) is 0 Å². The highest BCUT2D eigenvalue weighted by atomic mass is 16.3. The summed E-state index contributed by atoms with van der Waals surface area (Å²) in [6.45, 7) is 3.44. The van der Waals surface area contributed by atoms with Gasteiger partial charge in [-0.3, -0.25) is 4.79 Å². The van der Waals surface area contributed by atoms with Crippen molar-refractivity contribution in [2.45, 2.75) is 13.8 Å². The summed E-state index contributed by atoms with van der Waals surface area (Å²) in [5, 5.41) is 22.6. The normalized spacial score (nSPS) is 10.9. The number of nitrogens with zero attached hydrogens (tertiary/aromatic N) is 1. The number of benzene rings is 1. The molecule has 20 heavy (non-hydrogen) atoms. The Morgan fingerprint density at radius 3 is 2.75 bits per heavy atom. The molecule has 104 valence electrons. The number of furan rings is 1. The lowest BCUT2D eigenvalue weighted by atomic mass is 10.2. The lowest BCUT2D eigenvalue weighted by Gasteiger charge is -2.01. The molecular formula is C14H14N2O4. The second-order valence-electron chi connectivity index (χ2n) is 4.24. The van der Waals surface area contributed by atoms with E-state index in [9.17, 15) is 15.0 Å². The van der Waals surface area contributed by atoms with Crippen LogP contribution in [0.2, 0.25) is 0 Å². The average molecular weight is 274 g/mol. The van der Waals surface area contributed by atoms with Gasteiger partial charge in [0.2, 0.25) is 0 Å². The van der Waals surface area contributed by atoms with Crippen LogP contribution in [0.1, 0.15) is 27.4 Å². The average Bonchev–Trinajstić information content (AvgIpc) is 2.73. The number of phenols is 2. The van der Waals surface area contributed by atoms with Crippen molar-refractivity contribution in [1.29, 1.82) is 0 Å². The molecule has 0 aliphatic carbocycles. The predicted octanol–water partition coefficient (Wildman–Crippen LogP) is 2.07. The van der Waals surface area contributed by atoms with E-state index in [0.29, 0.717) is 22.6 Å². The van der Waals surface area contributed by atoms with Gasteiger partial charge in [-0.05, 0) is 32.0 Å². The van der Waals surface area contributed by atoms with Crippen molar-refractivity contribution >= 4 is 12.1 Å². The maximum atomic E-state index is 11.8. The SMILES string of the molecule is Cc1cc(C(=O)NN=Cc2cccc(O)c2O)c(C)o1. The van der Waals surface area contributed by atoms with E-state index in [1.54, 1.807) is 32.0 Å². The van der Waals surface area contributed by atoms with Gasteiger partial charge in [-0.1, -0.05) is 6.07 Å². The third-order valence-corrected chi connectivity index (χ3v) is 2.70. The lowest BCUT2D eigenvalue weighted by molar-refractivity contribution is 0.0953. The number of aromatic hydroxyl groups is 2. The summed E-state index contributed by atoms with van der Waals surface area (Å²) >= 11 is 0. The molecule has 1 aromatic carbocycles. The zero-order chi connectivity index (χ0) is 14.7. The molecule has 2 aromatic rings. The van der Waals surface area contributed by atoms with Crippen molar-refractivity contribution in [1.82, 2.24) is 5.43 Å². The third-order valence-electron chi connectivity index (χ3n) is 2.70. The number of hydrogen-bond donors (Lipinski definition) is 3. The molecule has 0 saturated heterocycles. The molecule has 1 aromatic heterocycles. The number of hydrogen-bond acceptors (Lipinski definition) is 5. The Morgan fingerprint density at radius 2 is 2.10 bits per heavy atom. The van der Waals surface area contributed by atoms with Crippen LogP contribution in [0.15, 0.2) is 33.8 Å². The fraction of sp³-hybridized carbons (Fsp3) is 0.143. The van der Waals surface area contributed by atoms with Gasteiger partial charge in [0.25, 0.3) is 5.91 Å². The molecule has 0 aliphatic heterocycles. The highest BCUT2D eigenvalue weighted by molar-refractivity contribution is 5.96. The molecule has 0 saturated carbocycles. The summed E-state index contributed by atoms with van der Waals surface area (Å²) < 4.78 is 5.25. The van der Waals surface area contributed by atoms with Gasteiger partial charge < -0.3 is 14.6 Å². The van der Waals surface area contributed by atoms with Crippen molar-refractivity contribution < 1.29 is 19.4 Å². The molecule has 1 heterocycles. The van der Waals surface area contributed by atoms with Crippen LogP contribution in [-0.2, 0) is 0 Å². The van der Waals surface area contributed by atoms with Crippen LogP contribution in [0, 0.1) is 13.8 Å². The Balaban J connectivity index is 2.08. The van der Waals surface area contributed by atoms with Gasteiger partial charge in [0.05, 0.1) is 11.8 Å². The van der Waals surface area contributed by atoms with Gasteiger partial charge in [-0.15, -0.1) is 0 Å². The van der Waals surface area contributed by atoms with Crippen LogP contribution in [0.5, 0.6) is 11.5 Å². The summed E-state index contributed by atoms with van der Waals surface area (Å²) in [5.74, 6) is 0.204. The van der Waals surface area contributed by atoms with Crippen LogP contribution in [-0.4, -0.2) is 22.3 Å². The van der Waals surface area contributed by atoms with Gasteiger partial charge in [-0.25, -0.2) is 5.43 Å². The third kappa shape index (κ3) is 2.80. The van der Waals surface area contributed by atoms with Gasteiger partial charge >= 0.3 is 0 Å². The molecule has 6 heteroatoms. The van der Waals surface area contributed by atoms with E-state index < -0.39 is 5.91 Å². The van der Waals surface area contributed by atoms with Crippen molar-refractivity contribution in [3.05, 3.63) is 46.9 Å². The van der Waals surface area contributed by atoms with E-state index in [1.165, 1.54) is 12.3 Å². The van der Waals surface area contributed by atoms with Crippen molar-refractivity contribution in [3.8, 4) is 11.5 Å². The molecule has 1 amide bonds. The maximum absolute atomic E-state index is 11.8. The number of nitrogens with one attached hydrogen (secondary N) is 1. The van der Waals surface area contributed by atoms with Crippen LogP contribution in [0.25, 0.3) is 0 Å². The smallest absolute Gasteiger partial charge is 0.274 e. The van der Waals surface area contributed by atoms with Crippen LogP contribution >= 0.6 is 0 Å². The molecule has 0 spiro atoms. The number of amides is 1. The fourth-order valence-corrected chi connectivity index (χ4v) is 1.73. The zero-order valence-electron chi connectivity index (χ0n) is 11.0. The first kappa shape index (κ1) is 13.7. The van der Waals surface area contributed by atoms with Crippen LogP contribution < -0.4 is 5.43 Å². The number of phenolic OH excluding ortho intramolecular Hbond substituents is 2. The maximum Gasteiger partial charge on any atom is 0.274 e. The van der Waals surface area contributed by atoms with Crippen molar-refractivity contribution in [3.63, 3.8) is 0 Å². The monoisotopic (exact) mass is 274 g/mol. The summed E-state index contributed by atoms with van der Waals surface area (Å²) in [6.07, 6.45) is 1.25. The molecule has 0 radical (unpaired) electrons. The second-order valence-corrected chi connectivity index (χ2v) is 4.24. The van der Waals surface area contributed by atoms with Gasteiger partial charge in [0, 0.05) is 5.56 Å². The van der Waals surface area contributed by atoms with Gasteiger partial charge in [0.1, 0.15) is 11.5 Å². The molecule has 0 atom stereocenters. The summed E-state index contributed by atoms with van der Waals surface area (Å²) in [7, 11) is 0. The molecule has 0 fully saturated rings. The number of rotatable bonds is 3. The van der Waals surface area contributed by atoms with E-state index in [0.717, 1.165) is 0 Å².